The second-order valence-electron chi connectivity index (χ2n) is 16.3. The maximum absolute atomic E-state index is 5.82. The van der Waals surface area contributed by atoms with E-state index in [9.17, 15) is 0 Å². The molecule has 0 radical (unpaired) electrons. The van der Waals surface area contributed by atoms with Crippen LogP contribution in [-0.2, 0) is 0 Å². The van der Waals surface area contributed by atoms with Crippen molar-refractivity contribution in [2.75, 3.05) is 22.9 Å². The zero-order valence-electron chi connectivity index (χ0n) is 38.9. The molecule has 0 saturated carbocycles. The average molecular weight is 931 g/mol. The highest BCUT2D eigenvalue weighted by Crippen LogP contribution is 2.26. The van der Waals surface area contributed by atoms with E-state index in [2.05, 4.69) is 117 Å². The van der Waals surface area contributed by atoms with Crippen LogP contribution < -0.4 is 22.9 Å². The molecule has 0 saturated heterocycles. The number of nitrogens with zero attached hydrogens (tertiary/aromatic N) is 12. The Morgan fingerprint density at radius 3 is 0.915 bits per heavy atom. The fourth-order valence-corrected chi connectivity index (χ4v) is 7.42. The van der Waals surface area contributed by atoms with Gasteiger partial charge in [0.25, 0.3) is 0 Å². The normalized spacial score (nSPS) is 10.7. The fourth-order valence-electron chi connectivity index (χ4n) is 7.42. The minimum atomic E-state index is 0.410. The SMILES string of the molecule is Cc1ccc(-c2ccc3ncnc(N)c3n2)cc1.Cc1cccc(-c2ccc3ncnc(N)c3n2)c1.Cc1cccc(-c2ccc3ncnc(N)c3n2)c1.Nc1ncnc2ccc(-c3ccccc3)nc12. The number of rotatable bonds is 4. The number of pyridine rings is 4. The van der Waals surface area contributed by atoms with Gasteiger partial charge in [0.1, 0.15) is 47.4 Å². The topological polar surface area (TPSA) is 259 Å². The lowest BCUT2D eigenvalue weighted by Crippen LogP contribution is -1.96. The number of hydrogen-bond donors (Lipinski definition) is 4. The Morgan fingerprint density at radius 2 is 0.577 bits per heavy atom. The van der Waals surface area contributed by atoms with Crippen LogP contribution in [0.15, 0.2) is 177 Å². The van der Waals surface area contributed by atoms with Crippen molar-refractivity contribution in [2.45, 2.75) is 20.8 Å². The highest BCUT2D eigenvalue weighted by atomic mass is 15.0. The molecule has 16 heteroatoms. The minimum absolute atomic E-state index is 0.410. The van der Waals surface area contributed by atoms with Crippen LogP contribution in [0.5, 0.6) is 0 Å². The summed E-state index contributed by atoms with van der Waals surface area (Å²) in [6, 6.07) is 50.0. The summed E-state index contributed by atoms with van der Waals surface area (Å²) in [4.78, 5) is 50.5. The van der Waals surface area contributed by atoms with E-state index in [-0.39, 0.29) is 0 Å². The van der Waals surface area contributed by atoms with Crippen LogP contribution >= 0.6 is 0 Å². The van der Waals surface area contributed by atoms with E-state index in [4.69, 9.17) is 22.9 Å². The van der Waals surface area contributed by atoms with Gasteiger partial charge >= 0.3 is 0 Å². The molecular weight excluding hydrogens is 885 g/mol. The number of fused-ring (bicyclic) bond motifs is 4. The van der Waals surface area contributed by atoms with Crippen LogP contribution in [0.2, 0.25) is 0 Å². The van der Waals surface area contributed by atoms with Gasteiger partial charge in [0.2, 0.25) is 0 Å². The fraction of sp³-hybridized carbons (Fsp3) is 0.0545. The number of benzene rings is 4. The second kappa shape index (κ2) is 20.9. The largest absolute Gasteiger partial charge is 0.382 e. The minimum Gasteiger partial charge on any atom is -0.382 e. The van der Waals surface area contributed by atoms with Gasteiger partial charge in [-0.25, -0.2) is 59.8 Å². The highest BCUT2D eigenvalue weighted by molar-refractivity contribution is 5.88. The van der Waals surface area contributed by atoms with Gasteiger partial charge in [-0.2, -0.15) is 0 Å². The molecule has 0 amide bonds. The molecule has 16 nitrogen and oxygen atoms in total. The molecule has 0 aliphatic heterocycles. The van der Waals surface area contributed by atoms with Crippen molar-refractivity contribution in [2.24, 2.45) is 0 Å². The van der Waals surface area contributed by atoms with E-state index in [1.807, 2.05) is 115 Å². The molecule has 8 aromatic heterocycles. The third-order valence-corrected chi connectivity index (χ3v) is 11.1. The predicted octanol–water partition coefficient (Wildman–Crippen LogP) is 10.0. The zero-order chi connectivity index (χ0) is 49.3. The first-order valence-corrected chi connectivity index (χ1v) is 22.3. The Morgan fingerprint density at radius 1 is 0.268 bits per heavy atom. The molecule has 12 rings (SSSR count). The van der Waals surface area contributed by atoms with Gasteiger partial charge < -0.3 is 22.9 Å². The molecule has 71 heavy (non-hydrogen) atoms. The summed E-state index contributed by atoms with van der Waals surface area (Å²) in [7, 11) is 0. The molecule has 0 bridgehead atoms. The molecule has 0 aliphatic rings. The van der Waals surface area contributed by atoms with Crippen LogP contribution in [0.25, 0.3) is 89.2 Å². The third-order valence-electron chi connectivity index (χ3n) is 11.1. The van der Waals surface area contributed by atoms with E-state index in [1.165, 1.54) is 42.0 Å². The Labute approximate surface area is 408 Å². The number of anilines is 4. The molecule has 0 aliphatic carbocycles. The van der Waals surface area contributed by atoms with Gasteiger partial charge in [-0.05, 0) is 81.4 Å². The predicted molar refractivity (Wildman–Crippen MR) is 283 cm³/mol. The molecule has 0 fully saturated rings. The molecule has 0 spiro atoms. The van der Waals surface area contributed by atoms with Crippen LogP contribution in [-0.4, -0.2) is 59.8 Å². The molecule has 4 aromatic carbocycles. The molecule has 8 N–H and O–H groups in total. The van der Waals surface area contributed by atoms with Crippen molar-refractivity contribution in [3.8, 4) is 45.0 Å². The van der Waals surface area contributed by atoms with Crippen molar-refractivity contribution >= 4 is 67.4 Å². The Kier molecular flexibility index (Phi) is 13.6. The summed E-state index contributed by atoms with van der Waals surface area (Å²) in [6.45, 7) is 6.17. The highest BCUT2D eigenvalue weighted by Gasteiger charge is 2.09. The first-order chi connectivity index (χ1) is 34.6. The average Bonchev–Trinajstić information content (AvgIpc) is 3.40. The maximum atomic E-state index is 5.82. The van der Waals surface area contributed by atoms with E-state index < -0.39 is 0 Å². The van der Waals surface area contributed by atoms with E-state index in [0.29, 0.717) is 45.3 Å². The first-order valence-electron chi connectivity index (χ1n) is 22.3. The third kappa shape index (κ3) is 10.9. The second-order valence-corrected chi connectivity index (χ2v) is 16.3. The summed E-state index contributed by atoms with van der Waals surface area (Å²) in [5, 5.41) is 0. The van der Waals surface area contributed by atoms with Gasteiger partial charge in [0.05, 0.1) is 44.8 Å². The van der Waals surface area contributed by atoms with Crippen molar-refractivity contribution in [1.82, 2.24) is 59.8 Å². The number of hydrogen-bond acceptors (Lipinski definition) is 16. The molecule has 346 valence electrons. The van der Waals surface area contributed by atoms with Crippen LogP contribution in [0, 0.1) is 20.8 Å². The van der Waals surface area contributed by atoms with Crippen LogP contribution in [0.4, 0.5) is 23.3 Å². The van der Waals surface area contributed by atoms with Crippen LogP contribution in [0.3, 0.4) is 0 Å². The summed E-state index contributed by atoms with van der Waals surface area (Å²) >= 11 is 0. The maximum Gasteiger partial charge on any atom is 0.153 e. The Hall–Kier alpha value is -9.96. The van der Waals surface area contributed by atoms with Gasteiger partial charge in [-0.1, -0.05) is 108 Å². The lowest BCUT2D eigenvalue weighted by molar-refractivity contribution is 1.20. The monoisotopic (exact) mass is 930 g/mol. The summed E-state index contributed by atoms with van der Waals surface area (Å²) in [6.07, 6.45) is 5.80. The van der Waals surface area contributed by atoms with E-state index in [0.717, 1.165) is 67.1 Å². The van der Waals surface area contributed by atoms with Gasteiger partial charge in [-0.3, -0.25) is 0 Å². The number of nitrogen functional groups attached to an aromatic ring is 4. The van der Waals surface area contributed by atoms with E-state index >= 15 is 0 Å². The van der Waals surface area contributed by atoms with E-state index in [1.54, 1.807) is 0 Å². The molecule has 12 aromatic rings. The van der Waals surface area contributed by atoms with Crippen molar-refractivity contribution < 1.29 is 0 Å². The zero-order valence-corrected chi connectivity index (χ0v) is 38.9. The quantitative estimate of drug-likeness (QED) is 0.128. The Bertz CT molecular complexity index is 3690. The molecule has 0 unspecified atom stereocenters. The smallest absolute Gasteiger partial charge is 0.153 e. The first kappa shape index (κ1) is 46.2. The molecule has 8 heterocycles. The summed E-state index contributed by atoms with van der Waals surface area (Å²) in [5.41, 5.74) is 40.3. The number of aromatic nitrogens is 12. The standard InChI is InChI=1S/3C14H12N4.C13H10N4/c1-9-2-4-10(5-3-9)11-6-7-12-13(18-11)14(15)17-8-16-12;2*1-9-3-2-4-10(7-9)11-5-6-12-13(18-11)14(15)17-8-16-12;14-13-12-11(15-8-16-13)7-6-10(17-12)9-4-2-1-3-5-9/h3*2-8H,1H3,(H2,15,16,17);1-8H,(H2,14,15,16). The lowest BCUT2D eigenvalue weighted by atomic mass is 10.1. The summed E-state index contributed by atoms with van der Waals surface area (Å²) in [5.74, 6) is 1.64. The van der Waals surface area contributed by atoms with Crippen molar-refractivity contribution in [1.29, 1.82) is 0 Å². The number of nitrogens with two attached hydrogens (primary N) is 4. The van der Waals surface area contributed by atoms with Crippen LogP contribution in [0.1, 0.15) is 16.7 Å². The van der Waals surface area contributed by atoms with Crippen molar-refractivity contribution in [3.05, 3.63) is 194 Å². The number of aryl methyl sites for hydroxylation is 3. The van der Waals surface area contributed by atoms with Gasteiger partial charge in [-0.15, -0.1) is 0 Å². The van der Waals surface area contributed by atoms with Crippen molar-refractivity contribution in [3.63, 3.8) is 0 Å². The van der Waals surface area contributed by atoms with Gasteiger partial charge in [0, 0.05) is 22.3 Å². The molecular formula is C55H46N16. The summed E-state index contributed by atoms with van der Waals surface area (Å²) < 4.78 is 0. The lowest BCUT2D eigenvalue weighted by Gasteiger charge is -2.04. The Balaban J connectivity index is 0.000000117. The molecule has 0 atom stereocenters. The van der Waals surface area contributed by atoms with Gasteiger partial charge in [0.15, 0.2) is 23.3 Å².